The van der Waals surface area contributed by atoms with Gasteiger partial charge < -0.3 is 39.9 Å². The molecule has 13 nitrogen and oxygen atoms in total. The number of aliphatic hydroxyl groups is 5. The summed E-state index contributed by atoms with van der Waals surface area (Å²) in [6.45, 7) is 3.31. The SMILES string of the molecule is CCCCCC/C=C/C=C/CCCCCCCC(=O)OC[C@H](COP(=O)(O)OC1C(O)C(O)C(O)[C@@H](O)C1O)OC(=O)CCCCCCCCCCCCCCCCCCCCCCCCC. The van der Waals surface area contributed by atoms with Crippen LogP contribution in [-0.2, 0) is 32.7 Å². The van der Waals surface area contributed by atoms with E-state index in [1.807, 2.05) is 0 Å². The van der Waals surface area contributed by atoms with Gasteiger partial charge in [0.1, 0.15) is 43.2 Å². The van der Waals surface area contributed by atoms with Crippen molar-refractivity contribution < 1.29 is 63.1 Å². The third-order valence-corrected chi connectivity index (χ3v) is 13.8. The number of hydrogen-bond donors (Lipinski definition) is 6. The minimum absolute atomic E-state index is 0.0983. The predicted molar refractivity (Wildman–Crippen MR) is 267 cm³/mol. The van der Waals surface area contributed by atoms with Gasteiger partial charge in [0.2, 0.25) is 0 Å². The number of phosphoric acid groups is 1. The number of phosphoric ester groups is 1. The van der Waals surface area contributed by atoms with E-state index >= 15 is 0 Å². The fourth-order valence-electron chi connectivity index (χ4n) is 8.46. The number of carbonyl (C=O) groups is 2. The molecule has 0 spiro atoms. The molecule has 0 radical (unpaired) electrons. The van der Waals surface area contributed by atoms with Crippen LogP contribution >= 0.6 is 7.82 Å². The molecule has 67 heavy (non-hydrogen) atoms. The largest absolute Gasteiger partial charge is 0.472 e. The van der Waals surface area contributed by atoms with Crippen LogP contribution in [0.4, 0.5) is 0 Å². The summed E-state index contributed by atoms with van der Waals surface area (Å²) in [6, 6.07) is 0. The van der Waals surface area contributed by atoms with Crippen molar-refractivity contribution in [3.63, 3.8) is 0 Å². The van der Waals surface area contributed by atoms with E-state index in [2.05, 4.69) is 38.2 Å². The van der Waals surface area contributed by atoms with Crippen molar-refractivity contribution in [2.45, 2.75) is 288 Å². The van der Waals surface area contributed by atoms with E-state index in [4.69, 9.17) is 18.5 Å². The van der Waals surface area contributed by atoms with E-state index in [0.29, 0.717) is 12.8 Å². The molecule has 0 aliphatic heterocycles. The molecule has 1 fully saturated rings. The van der Waals surface area contributed by atoms with Gasteiger partial charge in [-0.05, 0) is 38.5 Å². The van der Waals surface area contributed by atoms with Crippen LogP contribution < -0.4 is 0 Å². The molecule has 6 N–H and O–H groups in total. The third-order valence-electron chi connectivity index (χ3n) is 12.8. The molecule has 0 saturated heterocycles. The maximum atomic E-state index is 12.9. The first kappa shape index (κ1) is 63.3. The Morgan fingerprint density at radius 1 is 0.463 bits per heavy atom. The van der Waals surface area contributed by atoms with Gasteiger partial charge >= 0.3 is 19.8 Å². The molecule has 0 heterocycles. The second kappa shape index (κ2) is 43.1. The van der Waals surface area contributed by atoms with Crippen LogP contribution in [0.3, 0.4) is 0 Å². The van der Waals surface area contributed by atoms with Crippen LogP contribution in [0.25, 0.3) is 0 Å². The fraction of sp³-hybridized carbons (Fsp3) is 0.887. The zero-order chi connectivity index (χ0) is 49.2. The van der Waals surface area contributed by atoms with Crippen LogP contribution in [0.2, 0.25) is 0 Å². The molecule has 0 aromatic heterocycles. The smallest absolute Gasteiger partial charge is 0.462 e. The van der Waals surface area contributed by atoms with Crippen molar-refractivity contribution in [1.29, 1.82) is 0 Å². The summed E-state index contributed by atoms with van der Waals surface area (Å²) in [5, 5.41) is 50.3. The lowest BCUT2D eigenvalue weighted by atomic mass is 9.85. The van der Waals surface area contributed by atoms with E-state index in [0.717, 1.165) is 57.8 Å². The monoisotopic (exact) mass is 975 g/mol. The maximum Gasteiger partial charge on any atom is 0.472 e. The Kier molecular flexibility index (Phi) is 40.8. The lowest BCUT2D eigenvalue weighted by Gasteiger charge is -2.41. The Hall–Kier alpha value is -1.67. The number of allylic oxidation sites excluding steroid dienone is 4. The second-order valence-electron chi connectivity index (χ2n) is 19.1. The lowest BCUT2D eigenvalue weighted by Crippen LogP contribution is -2.64. The number of ether oxygens (including phenoxy) is 2. The zero-order valence-electron chi connectivity index (χ0n) is 42.2. The van der Waals surface area contributed by atoms with Gasteiger partial charge in [-0.15, -0.1) is 0 Å². The van der Waals surface area contributed by atoms with Gasteiger partial charge in [-0.3, -0.25) is 18.6 Å². The summed E-state index contributed by atoms with van der Waals surface area (Å²) in [5.74, 6) is -1.10. The van der Waals surface area contributed by atoms with Crippen LogP contribution in [0.1, 0.15) is 245 Å². The molecule has 1 aliphatic rings. The first-order valence-electron chi connectivity index (χ1n) is 27.2. The molecule has 1 rings (SSSR count). The minimum atomic E-state index is -5.12. The van der Waals surface area contributed by atoms with Crippen molar-refractivity contribution in [3.8, 4) is 0 Å². The van der Waals surface area contributed by atoms with E-state index in [-0.39, 0.29) is 12.8 Å². The molecule has 1 aliphatic carbocycles. The van der Waals surface area contributed by atoms with E-state index < -0.39 is 75.7 Å². The second-order valence-corrected chi connectivity index (χ2v) is 20.5. The first-order chi connectivity index (χ1) is 32.4. The first-order valence-corrected chi connectivity index (χ1v) is 28.7. The standard InChI is InChI=1S/C53H99O13P/c1-3-5-7-9-11-13-15-17-19-20-21-22-23-24-25-26-28-30-32-34-36-38-40-42-47(55)65-45(44-64-67(61,62)66-53-51(59)49(57)48(56)50(58)52(53)60)43-63-46(54)41-39-37-35-33-31-29-27-18-16-14-12-10-8-6-4-2/h14,16,18,27,45,48-53,56-60H,3-13,15,17,19-26,28-44H2,1-2H3,(H,61,62)/b16-14+,27-18+/t45-,48?,49-,50?,51?,52?,53?/m1/s1. The number of aliphatic hydroxyl groups excluding tert-OH is 5. The van der Waals surface area contributed by atoms with Gasteiger partial charge in [0.25, 0.3) is 0 Å². The summed E-state index contributed by atoms with van der Waals surface area (Å²) < 4.78 is 33.7. The van der Waals surface area contributed by atoms with Gasteiger partial charge in [-0.2, -0.15) is 0 Å². The molecule has 0 bridgehead atoms. The molecule has 6 unspecified atom stereocenters. The highest BCUT2D eigenvalue weighted by Crippen LogP contribution is 2.47. The molecule has 0 amide bonds. The maximum absolute atomic E-state index is 12.9. The highest BCUT2D eigenvalue weighted by molar-refractivity contribution is 7.47. The topological polar surface area (TPSA) is 210 Å². The lowest BCUT2D eigenvalue weighted by molar-refractivity contribution is -0.220. The Bertz CT molecular complexity index is 1270. The summed E-state index contributed by atoms with van der Waals surface area (Å²) in [5.41, 5.74) is 0. The summed E-state index contributed by atoms with van der Waals surface area (Å²) in [6.07, 6.45) is 36.6. The van der Waals surface area contributed by atoms with E-state index in [1.54, 1.807) is 0 Å². The highest BCUT2D eigenvalue weighted by atomic mass is 31.2. The number of carbonyl (C=O) groups excluding carboxylic acids is 2. The molecular weight excluding hydrogens is 876 g/mol. The number of hydrogen-bond acceptors (Lipinski definition) is 12. The Balaban J connectivity index is 2.35. The van der Waals surface area contributed by atoms with E-state index in [9.17, 15) is 44.6 Å². The number of rotatable bonds is 46. The molecular formula is C53H99O13P. The van der Waals surface area contributed by atoms with Crippen LogP contribution in [0, 0.1) is 0 Å². The average molecular weight is 975 g/mol. The van der Waals surface area contributed by atoms with Crippen molar-refractivity contribution in [2.75, 3.05) is 13.2 Å². The van der Waals surface area contributed by atoms with Gasteiger partial charge in [-0.1, -0.05) is 218 Å². The van der Waals surface area contributed by atoms with Crippen LogP contribution in [0.15, 0.2) is 24.3 Å². The van der Waals surface area contributed by atoms with Gasteiger partial charge in [0.05, 0.1) is 6.61 Å². The van der Waals surface area contributed by atoms with Crippen LogP contribution in [0.5, 0.6) is 0 Å². The Morgan fingerprint density at radius 2 is 0.791 bits per heavy atom. The summed E-state index contributed by atoms with van der Waals surface area (Å²) >= 11 is 0. The quantitative estimate of drug-likeness (QED) is 0.0145. The normalized spacial score (nSPS) is 21.3. The fourth-order valence-corrected chi connectivity index (χ4v) is 9.43. The summed E-state index contributed by atoms with van der Waals surface area (Å²) in [4.78, 5) is 35.9. The number of unbranched alkanes of at least 4 members (excludes halogenated alkanes) is 31. The number of esters is 2. The average Bonchev–Trinajstić information content (AvgIpc) is 3.31. The van der Waals surface area contributed by atoms with Gasteiger partial charge in [-0.25, -0.2) is 4.57 Å². The summed E-state index contributed by atoms with van der Waals surface area (Å²) in [7, 11) is -5.12. The molecule has 0 aromatic rings. The Morgan fingerprint density at radius 3 is 1.19 bits per heavy atom. The third kappa shape index (κ3) is 35.1. The molecule has 14 heteroatoms. The molecule has 1 saturated carbocycles. The Labute approximate surface area is 406 Å². The predicted octanol–water partition coefficient (Wildman–Crippen LogP) is 12.0. The van der Waals surface area contributed by atoms with Gasteiger partial charge in [0.15, 0.2) is 6.10 Å². The van der Waals surface area contributed by atoms with Crippen molar-refractivity contribution in [3.05, 3.63) is 24.3 Å². The highest BCUT2D eigenvalue weighted by Gasteiger charge is 2.51. The zero-order valence-corrected chi connectivity index (χ0v) is 43.1. The van der Waals surface area contributed by atoms with E-state index in [1.165, 1.54) is 148 Å². The van der Waals surface area contributed by atoms with Crippen molar-refractivity contribution in [1.82, 2.24) is 0 Å². The van der Waals surface area contributed by atoms with Crippen molar-refractivity contribution in [2.24, 2.45) is 0 Å². The molecule has 394 valence electrons. The van der Waals surface area contributed by atoms with Crippen molar-refractivity contribution >= 4 is 19.8 Å². The van der Waals surface area contributed by atoms with Gasteiger partial charge in [0, 0.05) is 12.8 Å². The minimum Gasteiger partial charge on any atom is -0.462 e. The van der Waals surface area contributed by atoms with Crippen LogP contribution in [-0.4, -0.2) is 98.3 Å². The molecule has 0 aromatic carbocycles. The molecule has 8 atom stereocenters.